The van der Waals surface area contributed by atoms with E-state index < -0.39 is 17.4 Å². The molecule has 0 spiro atoms. The number of para-hydroxylation sites is 2. The Balaban J connectivity index is 1.50. The zero-order valence-corrected chi connectivity index (χ0v) is 21.3. The maximum Gasteiger partial charge on any atom is 0.269 e. The Morgan fingerprint density at radius 2 is 1.89 bits per heavy atom. The molecule has 0 saturated carbocycles. The van der Waals surface area contributed by atoms with E-state index in [0.717, 1.165) is 5.56 Å². The Morgan fingerprint density at radius 3 is 2.68 bits per heavy atom. The van der Waals surface area contributed by atoms with Gasteiger partial charge in [-0.25, -0.2) is 0 Å². The lowest BCUT2D eigenvalue weighted by Crippen LogP contribution is -2.44. The van der Waals surface area contributed by atoms with Crippen LogP contribution in [-0.4, -0.2) is 42.4 Å². The average molecular weight is 515 g/mol. The molecule has 8 heteroatoms. The zero-order valence-electron chi connectivity index (χ0n) is 21.3. The fourth-order valence-electron chi connectivity index (χ4n) is 5.09. The van der Waals surface area contributed by atoms with Gasteiger partial charge in [-0.15, -0.1) is 0 Å². The van der Waals surface area contributed by atoms with Crippen LogP contribution in [0, 0.1) is 5.92 Å². The van der Waals surface area contributed by atoms with Gasteiger partial charge < -0.3 is 24.6 Å². The van der Waals surface area contributed by atoms with Gasteiger partial charge in [-0.3, -0.25) is 14.5 Å². The molecule has 0 radical (unpaired) electrons. The smallest absolute Gasteiger partial charge is 0.269 e. The molecule has 38 heavy (non-hydrogen) atoms. The SMILES string of the molecule is COc1ccc2c(c1)[C@](O)([C@@H](C)/C=C/CCO)C(=O)N2Cc1cccc(N2C(=O)COc3ccccc32)c1. The molecule has 2 atom stereocenters. The van der Waals surface area contributed by atoms with Gasteiger partial charge in [0.25, 0.3) is 11.8 Å². The van der Waals surface area contributed by atoms with Crippen LogP contribution in [0.2, 0.25) is 0 Å². The van der Waals surface area contributed by atoms with Crippen LogP contribution in [0.3, 0.4) is 0 Å². The van der Waals surface area contributed by atoms with Crippen LogP contribution in [0.5, 0.6) is 11.5 Å². The van der Waals surface area contributed by atoms with Crippen molar-refractivity contribution in [2.45, 2.75) is 25.5 Å². The lowest BCUT2D eigenvalue weighted by atomic mass is 9.83. The molecular weight excluding hydrogens is 484 g/mol. The van der Waals surface area contributed by atoms with E-state index in [2.05, 4.69) is 0 Å². The molecule has 0 aliphatic carbocycles. The first-order valence-corrected chi connectivity index (χ1v) is 12.5. The summed E-state index contributed by atoms with van der Waals surface area (Å²) in [5.74, 6) is -0.0158. The van der Waals surface area contributed by atoms with Crippen LogP contribution in [0.1, 0.15) is 24.5 Å². The van der Waals surface area contributed by atoms with Crippen molar-refractivity contribution in [2.75, 3.05) is 30.1 Å². The number of amides is 2. The van der Waals surface area contributed by atoms with E-state index in [1.807, 2.05) is 48.5 Å². The van der Waals surface area contributed by atoms with Gasteiger partial charge in [-0.1, -0.05) is 43.3 Å². The lowest BCUT2D eigenvalue weighted by molar-refractivity contribution is -0.139. The fraction of sp³-hybridized carbons (Fsp3) is 0.267. The number of rotatable bonds is 8. The minimum Gasteiger partial charge on any atom is -0.497 e. The van der Waals surface area contributed by atoms with Gasteiger partial charge in [-0.2, -0.15) is 0 Å². The molecule has 2 N–H and O–H groups in total. The molecule has 8 nitrogen and oxygen atoms in total. The number of fused-ring (bicyclic) bond motifs is 2. The van der Waals surface area contributed by atoms with Crippen molar-refractivity contribution in [1.29, 1.82) is 0 Å². The Bertz CT molecular complexity index is 1400. The highest BCUT2D eigenvalue weighted by molar-refractivity contribution is 6.07. The van der Waals surface area contributed by atoms with Crippen molar-refractivity contribution in [3.8, 4) is 11.5 Å². The molecule has 2 heterocycles. The molecule has 0 fully saturated rings. The van der Waals surface area contributed by atoms with Crippen LogP contribution in [0.4, 0.5) is 17.1 Å². The second kappa shape index (κ2) is 10.3. The predicted octanol–water partition coefficient (Wildman–Crippen LogP) is 4.06. The number of hydrogen-bond acceptors (Lipinski definition) is 6. The summed E-state index contributed by atoms with van der Waals surface area (Å²) in [7, 11) is 1.54. The van der Waals surface area contributed by atoms with Crippen molar-refractivity contribution in [1.82, 2.24) is 0 Å². The number of aliphatic hydroxyl groups is 2. The summed E-state index contributed by atoms with van der Waals surface area (Å²) in [6.45, 7) is 1.90. The summed E-state index contributed by atoms with van der Waals surface area (Å²) in [5, 5.41) is 21.0. The molecule has 5 rings (SSSR count). The predicted molar refractivity (Wildman–Crippen MR) is 144 cm³/mol. The molecule has 3 aromatic rings. The van der Waals surface area contributed by atoms with Crippen LogP contribution in [0.15, 0.2) is 78.9 Å². The Kier molecular flexibility index (Phi) is 6.93. The largest absolute Gasteiger partial charge is 0.497 e. The quantitative estimate of drug-likeness (QED) is 0.440. The number of carbonyl (C=O) groups excluding carboxylic acids is 2. The third-order valence-electron chi connectivity index (χ3n) is 7.07. The van der Waals surface area contributed by atoms with Gasteiger partial charge in [0.15, 0.2) is 12.2 Å². The molecular formula is C30H30N2O6. The molecule has 3 aromatic carbocycles. The molecule has 0 unspecified atom stereocenters. The van der Waals surface area contributed by atoms with Gasteiger partial charge in [-0.05, 0) is 54.4 Å². The topological polar surface area (TPSA) is 99.5 Å². The van der Waals surface area contributed by atoms with Gasteiger partial charge in [0.2, 0.25) is 0 Å². The average Bonchev–Trinajstić information content (AvgIpc) is 3.15. The van der Waals surface area contributed by atoms with Crippen LogP contribution in [0.25, 0.3) is 0 Å². The van der Waals surface area contributed by atoms with E-state index in [0.29, 0.717) is 40.5 Å². The zero-order chi connectivity index (χ0) is 26.9. The number of methoxy groups -OCH3 is 1. The van der Waals surface area contributed by atoms with Gasteiger partial charge in [0, 0.05) is 23.8 Å². The first kappa shape index (κ1) is 25.5. The van der Waals surface area contributed by atoms with Crippen LogP contribution in [-0.2, 0) is 21.7 Å². The van der Waals surface area contributed by atoms with E-state index in [-0.39, 0.29) is 25.7 Å². The van der Waals surface area contributed by atoms with Crippen molar-refractivity contribution in [3.63, 3.8) is 0 Å². The van der Waals surface area contributed by atoms with Crippen molar-refractivity contribution < 1.29 is 29.3 Å². The number of nitrogens with zero attached hydrogens (tertiary/aromatic N) is 2. The molecule has 0 bridgehead atoms. The highest BCUT2D eigenvalue weighted by Crippen LogP contribution is 2.47. The second-order valence-electron chi connectivity index (χ2n) is 9.43. The highest BCUT2D eigenvalue weighted by atomic mass is 16.5. The van der Waals surface area contributed by atoms with Crippen molar-refractivity contribution in [3.05, 3.63) is 90.0 Å². The van der Waals surface area contributed by atoms with E-state index in [1.54, 1.807) is 47.1 Å². The highest BCUT2D eigenvalue weighted by Gasteiger charge is 2.52. The van der Waals surface area contributed by atoms with Gasteiger partial charge in [0.1, 0.15) is 11.5 Å². The van der Waals surface area contributed by atoms with Crippen LogP contribution >= 0.6 is 0 Å². The van der Waals surface area contributed by atoms with Crippen molar-refractivity contribution in [2.24, 2.45) is 5.92 Å². The molecule has 2 amide bonds. The fourth-order valence-corrected chi connectivity index (χ4v) is 5.09. The molecule has 0 aromatic heterocycles. The van der Waals surface area contributed by atoms with Gasteiger partial charge >= 0.3 is 0 Å². The monoisotopic (exact) mass is 514 g/mol. The molecule has 2 aliphatic heterocycles. The van der Waals surface area contributed by atoms with Crippen LogP contribution < -0.4 is 19.3 Å². The number of ether oxygens (including phenoxy) is 2. The number of benzene rings is 3. The maximum atomic E-state index is 13.8. The minimum atomic E-state index is -1.80. The summed E-state index contributed by atoms with van der Waals surface area (Å²) in [6.07, 6.45) is 3.95. The van der Waals surface area contributed by atoms with E-state index in [4.69, 9.17) is 14.6 Å². The number of aliphatic hydroxyl groups excluding tert-OH is 1. The first-order chi connectivity index (χ1) is 18.4. The Labute approximate surface area is 221 Å². The van der Waals surface area contributed by atoms with E-state index in [9.17, 15) is 14.7 Å². The lowest BCUT2D eigenvalue weighted by Gasteiger charge is -2.30. The van der Waals surface area contributed by atoms with Gasteiger partial charge in [0.05, 0.1) is 25.0 Å². The normalized spacial score (nSPS) is 19.4. The molecule has 2 aliphatic rings. The third-order valence-corrected chi connectivity index (χ3v) is 7.07. The summed E-state index contributed by atoms with van der Waals surface area (Å²) >= 11 is 0. The van der Waals surface area contributed by atoms with E-state index in [1.165, 1.54) is 7.11 Å². The molecule has 0 saturated heterocycles. The number of anilines is 3. The first-order valence-electron chi connectivity index (χ1n) is 12.5. The molecule has 196 valence electrons. The minimum absolute atomic E-state index is 0.0153. The Hall–Kier alpha value is -4.14. The summed E-state index contributed by atoms with van der Waals surface area (Å²) in [5.41, 5.74) is 1.39. The summed E-state index contributed by atoms with van der Waals surface area (Å²) in [6, 6.07) is 20.1. The Morgan fingerprint density at radius 1 is 1.08 bits per heavy atom. The van der Waals surface area contributed by atoms with E-state index >= 15 is 0 Å². The maximum absolute atomic E-state index is 13.8. The number of hydrogen-bond donors (Lipinski definition) is 2. The second-order valence-corrected chi connectivity index (χ2v) is 9.43. The van der Waals surface area contributed by atoms with Crippen molar-refractivity contribution >= 4 is 28.9 Å². The summed E-state index contributed by atoms with van der Waals surface area (Å²) < 4.78 is 11.0. The standard InChI is InChI=1S/C30H30N2O6/c1-20(8-5-6-15-33)30(36)24-17-23(37-2)13-14-25(24)31(29(30)35)18-21-9-7-10-22(16-21)32-26-11-3-4-12-27(26)38-19-28(32)34/h3-5,7-14,16-17,20,33,36H,6,15,18-19H2,1-2H3/b8-5+/t20-,30+/m0/s1. The number of carbonyl (C=O) groups is 2. The summed E-state index contributed by atoms with van der Waals surface area (Å²) in [4.78, 5) is 29.9. The third kappa shape index (κ3) is 4.31.